The van der Waals surface area contributed by atoms with Crippen LogP contribution in [0.25, 0.3) is 10.9 Å². The van der Waals surface area contributed by atoms with Gasteiger partial charge in [-0.25, -0.2) is 0 Å². The minimum absolute atomic E-state index is 0.117. The highest BCUT2D eigenvalue weighted by Gasteiger charge is 2.23. The van der Waals surface area contributed by atoms with Crippen LogP contribution in [-0.2, 0) is 17.6 Å². The quantitative estimate of drug-likeness (QED) is 0.662. The number of benzene rings is 2. The van der Waals surface area contributed by atoms with E-state index in [-0.39, 0.29) is 11.9 Å². The number of aryl methyl sites for hydroxylation is 1. The molecule has 26 heavy (non-hydrogen) atoms. The van der Waals surface area contributed by atoms with E-state index in [1.165, 1.54) is 22.2 Å². The summed E-state index contributed by atoms with van der Waals surface area (Å²) >= 11 is 0. The highest BCUT2D eigenvalue weighted by molar-refractivity contribution is 5.85. The molecule has 134 valence electrons. The second-order valence-corrected chi connectivity index (χ2v) is 6.90. The summed E-state index contributed by atoms with van der Waals surface area (Å²) in [7, 11) is 0. The maximum Gasteiger partial charge on any atom is 0.220 e. The highest BCUT2D eigenvalue weighted by Crippen LogP contribution is 2.29. The first kappa shape index (κ1) is 16.7. The van der Waals surface area contributed by atoms with Crippen molar-refractivity contribution in [3.8, 4) is 5.75 Å². The van der Waals surface area contributed by atoms with Gasteiger partial charge in [-0.2, -0.15) is 0 Å². The molecule has 1 unspecified atom stereocenters. The molecule has 3 aromatic rings. The lowest BCUT2D eigenvalue weighted by Gasteiger charge is -2.23. The number of rotatable bonds is 6. The van der Waals surface area contributed by atoms with Crippen molar-refractivity contribution in [1.82, 2.24) is 10.3 Å². The number of aromatic nitrogens is 1. The number of H-pyrrole nitrogens is 1. The van der Waals surface area contributed by atoms with Gasteiger partial charge in [-0.1, -0.05) is 36.4 Å². The number of aromatic amines is 1. The Morgan fingerprint density at radius 3 is 2.81 bits per heavy atom. The summed E-state index contributed by atoms with van der Waals surface area (Å²) in [5.41, 5.74) is 3.89. The molecule has 4 heteroatoms. The van der Waals surface area contributed by atoms with Crippen molar-refractivity contribution in [2.24, 2.45) is 0 Å². The maximum atomic E-state index is 12.2. The predicted molar refractivity (Wildman–Crippen MR) is 103 cm³/mol. The zero-order valence-corrected chi connectivity index (χ0v) is 14.8. The van der Waals surface area contributed by atoms with Crippen LogP contribution in [0.5, 0.6) is 5.75 Å². The smallest absolute Gasteiger partial charge is 0.220 e. The molecule has 0 saturated heterocycles. The number of fused-ring (bicyclic) bond motifs is 3. The fraction of sp³-hybridized carbons (Fsp3) is 0.318. The van der Waals surface area contributed by atoms with Gasteiger partial charge in [0.2, 0.25) is 5.91 Å². The highest BCUT2D eigenvalue weighted by atomic mass is 16.5. The van der Waals surface area contributed by atoms with E-state index in [9.17, 15) is 4.79 Å². The average Bonchev–Trinajstić information content (AvgIpc) is 3.04. The van der Waals surface area contributed by atoms with Crippen LogP contribution in [0.1, 0.15) is 30.5 Å². The van der Waals surface area contributed by atoms with Gasteiger partial charge in [0.1, 0.15) is 5.75 Å². The number of nitrogens with one attached hydrogen (secondary N) is 2. The van der Waals surface area contributed by atoms with Crippen LogP contribution in [0.4, 0.5) is 0 Å². The molecule has 0 radical (unpaired) electrons. The lowest BCUT2D eigenvalue weighted by molar-refractivity contribution is -0.122. The second-order valence-electron chi connectivity index (χ2n) is 6.90. The normalized spacial score (nSPS) is 16.2. The first-order valence-electron chi connectivity index (χ1n) is 9.35. The van der Waals surface area contributed by atoms with Crippen LogP contribution in [0.2, 0.25) is 0 Å². The van der Waals surface area contributed by atoms with Crippen molar-refractivity contribution >= 4 is 16.8 Å². The summed E-state index contributed by atoms with van der Waals surface area (Å²) in [5, 5.41) is 4.51. The summed E-state index contributed by atoms with van der Waals surface area (Å²) in [4.78, 5) is 15.7. The monoisotopic (exact) mass is 348 g/mol. The topological polar surface area (TPSA) is 54.1 Å². The Morgan fingerprint density at radius 1 is 1.12 bits per heavy atom. The van der Waals surface area contributed by atoms with Crippen molar-refractivity contribution < 1.29 is 9.53 Å². The Balaban J connectivity index is 1.25. The Kier molecular flexibility index (Phi) is 4.91. The molecule has 1 atom stereocenters. The fourth-order valence-electron chi connectivity index (χ4n) is 3.75. The average molecular weight is 348 g/mol. The summed E-state index contributed by atoms with van der Waals surface area (Å²) in [5.74, 6) is 0.970. The molecule has 0 saturated carbocycles. The Morgan fingerprint density at radius 2 is 1.92 bits per heavy atom. The minimum Gasteiger partial charge on any atom is -0.494 e. The summed E-state index contributed by atoms with van der Waals surface area (Å²) in [6.07, 6.45) is 4.13. The van der Waals surface area contributed by atoms with E-state index in [0.717, 1.165) is 31.4 Å². The standard InChI is InChI=1S/C22H24N2O2/c25-22(11-6-14-26-17-7-2-1-3-8-17)23-16-12-13-19-18-9-4-5-10-20(18)24-21(19)15-16/h1-5,7-10,16,24H,6,11-15H2,(H,23,25). The lowest BCUT2D eigenvalue weighted by Crippen LogP contribution is -2.38. The number of amides is 1. The van der Waals surface area contributed by atoms with Gasteiger partial charge in [-0.05, 0) is 43.0 Å². The van der Waals surface area contributed by atoms with E-state index in [0.29, 0.717) is 13.0 Å². The van der Waals surface area contributed by atoms with Crippen LogP contribution >= 0.6 is 0 Å². The van der Waals surface area contributed by atoms with Crippen LogP contribution < -0.4 is 10.1 Å². The second kappa shape index (κ2) is 7.65. The van der Waals surface area contributed by atoms with E-state index in [1.54, 1.807) is 0 Å². The molecular formula is C22H24N2O2. The van der Waals surface area contributed by atoms with Gasteiger partial charge in [0, 0.05) is 35.5 Å². The number of para-hydroxylation sites is 2. The number of carbonyl (C=O) groups excluding carboxylic acids is 1. The van der Waals surface area contributed by atoms with Crippen molar-refractivity contribution in [1.29, 1.82) is 0 Å². The van der Waals surface area contributed by atoms with E-state index >= 15 is 0 Å². The Bertz CT molecular complexity index is 886. The first-order valence-corrected chi connectivity index (χ1v) is 9.35. The van der Waals surface area contributed by atoms with Gasteiger partial charge in [-0.15, -0.1) is 0 Å². The molecule has 1 aromatic heterocycles. The van der Waals surface area contributed by atoms with E-state index in [4.69, 9.17) is 4.74 Å². The van der Waals surface area contributed by atoms with Crippen molar-refractivity contribution in [3.63, 3.8) is 0 Å². The molecule has 4 rings (SSSR count). The molecule has 2 N–H and O–H groups in total. The molecule has 0 spiro atoms. The first-order chi connectivity index (χ1) is 12.8. The summed E-state index contributed by atoms with van der Waals surface area (Å²) in [6.45, 7) is 0.564. The van der Waals surface area contributed by atoms with Gasteiger partial charge in [0.05, 0.1) is 6.61 Å². The number of hydrogen-bond donors (Lipinski definition) is 2. The van der Waals surface area contributed by atoms with Gasteiger partial charge in [0.15, 0.2) is 0 Å². The third-order valence-electron chi connectivity index (χ3n) is 5.02. The zero-order valence-electron chi connectivity index (χ0n) is 14.8. The lowest BCUT2D eigenvalue weighted by atomic mass is 9.91. The van der Waals surface area contributed by atoms with Crippen LogP contribution in [0.3, 0.4) is 0 Å². The Labute approximate surface area is 153 Å². The van der Waals surface area contributed by atoms with Crippen LogP contribution in [-0.4, -0.2) is 23.5 Å². The summed E-state index contributed by atoms with van der Waals surface area (Å²) in [6, 6.07) is 18.4. The number of hydrogen-bond acceptors (Lipinski definition) is 2. The predicted octanol–water partition coefficient (Wildman–Crippen LogP) is 4.00. The van der Waals surface area contributed by atoms with Gasteiger partial charge in [0.25, 0.3) is 0 Å². The van der Waals surface area contributed by atoms with E-state index in [2.05, 4.69) is 34.6 Å². The van der Waals surface area contributed by atoms with Crippen LogP contribution in [0, 0.1) is 0 Å². The largest absolute Gasteiger partial charge is 0.494 e. The molecule has 0 bridgehead atoms. The Hall–Kier alpha value is -2.75. The molecule has 1 aliphatic carbocycles. The third kappa shape index (κ3) is 3.74. The van der Waals surface area contributed by atoms with Crippen molar-refractivity contribution in [2.75, 3.05) is 6.61 Å². The fourth-order valence-corrected chi connectivity index (χ4v) is 3.75. The van der Waals surface area contributed by atoms with Gasteiger partial charge >= 0.3 is 0 Å². The molecular weight excluding hydrogens is 324 g/mol. The van der Waals surface area contributed by atoms with Gasteiger partial charge < -0.3 is 15.0 Å². The minimum atomic E-state index is 0.117. The number of carbonyl (C=O) groups is 1. The SMILES string of the molecule is O=C(CCCOc1ccccc1)NC1CCc2c([nH]c3ccccc23)C1. The number of ether oxygens (including phenoxy) is 1. The van der Waals surface area contributed by atoms with Crippen molar-refractivity contribution in [2.45, 2.75) is 38.1 Å². The van der Waals surface area contributed by atoms with Crippen molar-refractivity contribution in [3.05, 3.63) is 65.9 Å². The third-order valence-corrected chi connectivity index (χ3v) is 5.02. The molecule has 1 amide bonds. The molecule has 1 aliphatic rings. The molecule has 0 fully saturated rings. The molecule has 0 aliphatic heterocycles. The van der Waals surface area contributed by atoms with Crippen LogP contribution in [0.15, 0.2) is 54.6 Å². The summed E-state index contributed by atoms with van der Waals surface area (Å²) < 4.78 is 5.64. The molecule has 2 aromatic carbocycles. The molecule has 1 heterocycles. The van der Waals surface area contributed by atoms with Gasteiger partial charge in [-0.3, -0.25) is 4.79 Å². The van der Waals surface area contributed by atoms with E-state index in [1.807, 2.05) is 30.3 Å². The maximum absolute atomic E-state index is 12.2. The molecule has 4 nitrogen and oxygen atoms in total. The zero-order chi connectivity index (χ0) is 17.8. The van der Waals surface area contributed by atoms with E-state index < -0.39 is 0 Å².